The fourth-order valence-electron chi connectivity index (χ4n) is 2.04. The third-order valence-corrected chi connectivity index (χ3v) is 4.00. The van der Waals surface area contributed by atoms with Gasteiger partial charge < -0.3 is 9.73 Å². The molecular weight excluding hydrogens is 232 g/mol. The standard InChI is InChI=1S/C13H16N2OS/c1-9-6-11(9)12-3-2-10(16-12)7-14-8-13-15-4-5-17-13/h2-5,9,11,14H,6-8H2,1H3. The third kappa shape index (κ3) is 2.58. The van der Waals surface area contributed by atoms with E-state index >= 15 is 0 Å². The molecular formula is C13H16N2OS. The summed E-state index contributed by atoms with van der Waals surface area (Å²) in [4.78, 5) is 4.23. The summed E-state index contributed by atoms with van der Waals surface area (Å²) in [6.07, 6.45) is 3.11. The highest BCUT2D eigenvalue weighted by Gasteiger charge is 2.36. The van der Waals surface area contributed by atoms with Gasteiger partial charge >= 0.3 is 0 Å². The number of hydrogen-bond acceptors (Lipinski definition) is 4. The normalized spacial score (nSPS) is 22.9. The molecule has 2 unspecified atom stereocenters. The van der Waals surface area contributed by atoms with E-state index in [-0.39, 0.29) is 0 Å². The van der Waals surface area contributed by atoms with Crippen molar-refractivity contribution >= 4 is 11.3 Å². The van der Waals surface area contributed by atoms with Gasteiger partial charge in [0.15, 0.2) is 0 Å². The van der Waals surface area contributed by atoms with Crippen molar-refractivity contribution < 1.29 is 4.42 Å². The molecule has 0 aromatic carbocycles. The minimum Gasteiger partial charge on any atom is -0.464 e. The van der Waals surface area contributed by atoms with Gasteiger partial charge in [-0.1, -0.05) is 6.92 Å². The van der Waals surface area contributed by atoms with Crippen LogP contribution >= 0.6 is 11.3 Å². The molecule has 0 radical (unpaired) electrons. The van der Waals surface area contributed by atoms with Gasteiger partial charge in [-0.25, -0.2) is 4.98 Å². The number of nitrogens with zero attached hydrogens (tertiary/aromatic N) is 1. The van der Waals surface area contributed by atoms with Crippen molar-refractivity contribution in [1.82, 2.24) is 10.3 Å². The van der Waals surface area contributed by atoms with Crippen molar-refractivity contribution in [3.63, 3.8) is 0 Å². The van der Waals surface area contributed by atoms with E-state index in [1.165, 1.54) is 6.42 Å². The first-order valence-electron chi connectivity index (χ1n) is 6.00. The van der Waals surface area contributed by atoms with Crippen LogP contribution < -0.4 is 5.32 Å². The van der Waals surface area contributed by atoms with Crippen LogP contribution in [0.15, 0.2) is 28.1 Å². The lowest BCUT2D eigenvalue weighted by molar-refractivity contribution is 0.444. The van der Waals surface area contributed by atoms with Gasteiger partial charge in [-0.3, -0.25) is 0 Å². The molecule has 2 aromatic heterocycles. The first kappa shape index (κ1) is 11.0. The van der Waals surface area contributed by atoms with E-state index in [0.717, 1.165) is 35.5 Å². The smallest absolute Gasteiger partial charge is 0.117 e. The summed E-state index contributed by atoms with van der Waals surface area (Å²) >= 11 is 1.67. The number of rotatable bonds is 5. The minimum absolute atomic E-state index is 0.669. The van der Waals surface area contributed by atoms with E-state index in [0.29, 0.717) is 5.92 Å². The molecule has 0 amide bonds. The Morgan fingerprint density at radius 3 is 3.06 bits per heavy atom. The van der Waals surface area contributed by atoms with Crippen LogP contribution in [0.25, 0.3) is 0 Å². The molecule has 1 N–H and O–H groups in total. The zero-order valence-electron chi connectivity index (χ0n) is 9.85. The highest BCUT2D eigenvalue weighted by Crippen LogP contribution is 2.47. The van der Waals surface area contributed by atoms with Crippen LogP contribution in [-0.2, 0) is 13.1 Å². The molecule has 4 heteroatoms. The topological polar surface area (TPSA) is 38.1 Å². The van der Waals surface area contributed by atoms with Crippen LogP contribution in [-0.4, -0.2) is 4.98 Å². The van der Waals surface area contributed by atoms with Crippen LogP contribution in [0, 0.1) is 5.92 Å². The Hall–Kier alpha value is -1.13. The van der Waals surface area contributed by atoms with Gasteiger partial charge in [-0.05, 0) is 24.5 Å². The predicted octanol–water partition coefficient (Wildman–Crippen LogP) is 3.15. The molecule has 0 spiro atoms. The fourth-order valence-corrected chi connectivity index (χ4v) is 2.63. The van der Waals surface area contributed by atoms with Gasteiger partial charge in [0.2, 0.25) is 0 Å². The Morgan fingerprint density at radius 2 is 2.35 bits per heavy atom. The molecule has 17 heavy (non-hydrogen) atoms. The molecule has 0 bridgehead atoms. The van der Waals surface area contributed by atoms with Crippen LogP contribution in [0.1, 0.15) is 35.8 Å². The van der Waals surface area contributed by atoms with Gasteiger partial charge in [0.05, 0.1) is 6.54 Å². The van der Waals surface area contributed by atoms with E-state index < -0.39 is 0 Å². The van der Waals surface area contributed by atoms with E-state index in [1.54, 1.807) is 11.3 Å². The molecule has 0 saturated heterocycles. The summed E-state index contributed by atoms with van der Waals surface area (Å²) < 4.78 is 5.82. The molecule has 2 atom stereocenters. The van der Waals surface area contributed by atoms with Crippen molar-refractivity contribution in [2.45, 2.75) is 32.4 Å². The summed E-state index contributed by atoms with van der Waals surface area (Å²) in [7, 11) is 0. The first-order valence-corrected chi connectivity index (χ1v) is 6.88. The van der Waals surface area contributed by atoms with E-state index in [1.807, 2.05) is 11.6 Å². The summed E-state index contributed by atoms with van der Waals surface area (Å²) in [5.74, 6) is 3.65. The maximum Gasteiger partial charge on any atom is 0.117 e. The molecule has 3 nitrogen and oxygen atoms in total. The van der Waals surface area contributed by atoms with Crippen LogP contribution in [0.2, 0.25) is 0 Å². The van der Waals surface area contributed by atoms with E-state index in [4.69, 9.17) is 4.42 Å². The molecule has 3 rings (SSSR count). The number of nitrogens with one attached hydrogen (secondary N) is 1. The number of hydrogen-bond donors (Lipinski definition) is 1. The van der Waals surface area contributed by atoms with Gasteiger partial charge in [0, 0.05) is 24.0 Å². The van der Waals surface area contributed by atoms with Crippen molar-refractivity contribution in [2.75, 3.05) is 0 Å². The fraction of sp³-hybridized carbons (Fsp3) is 0.462. The Bertz CT molecular complexity index is 477. The quantitative estimate of drug-likeness (QED) is 0.883. The van der Waals surface area contributed by atoms with Crippen molar-refractivity contribution in [2.24, 2.45) is 5.92 Å². The highest BCUT2D eigenvalue weighted by atomic mass is 32.1. The molecule has 0 aliphatic heterocycles. The lowest BCUT2D eigenvalue weighted by Gasteiger charge is -1.99. The molecule has 1 aliphatic rings. The summed E-state index contributed by atoms with van der Waals surface area (Å²) in [6.45, 7) is 3.86. The molecule has 1 aliphatic carbocycles. The van der Waals surface area contributed by atoms with Crippen LogP contribution in [0.3, 0.4) is 0 Å². The lowest BCUT2D eigenvalue weighted by atomic mass is 10.3. The SMILES string of the molecule is CC1CC1c1ccc(CNCc2nccs2)o1. The van der Waals surface area contributed by atoms with Gasteiger partial charge in [0.1, 0.15) is 16.5 Å². The average Bonchev–Trinajstić information content (AvgIpc) is 2.76. The second kappa shape index (κ2) is 4.63. The van der Waals surface area contributed by atoms with Gasteiger partial charge in [-0.15, -0.1) is 11.3 Å². The third-order valence-electron chi connectivity index (χ3n) is 3.22. The number of furan rings is 1. The van der Waals surface area contributed by atoms with Gasteiger partial charge in [-0.2, -0.15) is 0 Å². The summed E-state index contributed by atoms with van der Waals surface area (Å²) in [5.41, 5.74) is 0. The highest BCUT2D eigenvalue weighted by molar-refractivity contribution is 7.09. The van der Waals surface area contributed by atoms with Crippen LogP contribution in [0.4, 0.5) is 0 Å². The summed E-state index contributed by atoms with van der Waals surface area (Å²) in [5, 5.41) is 6.46. The first-order chi connectivity index (χ1) is 8.33. The monoisotopic (exact) mass is 248 g/mol. The van der Waals surface area contributed by atoms with Gasteiger partial charge in [0.25, 0.3) is 0 Å². The zero-order valence-corrected chi connectivity index (χ0v) is 10.7. The average molecular weight is 248 g/mol. The largest absolute Gasteiger partial charge is 0.464 e. The number of aromatic nitrogens is 1. The Labute approximate surface area is 105 Å². The van der Waals surface area contributed by atoms with Crippen LogP contribution in [0.5, 0.6) is 0 Å². The van der Waals surface area contributed by atoms with Crippen molar-refractivity contribution in [1.29, 1.82) is 0 Å². The Balaban J connectivity index is 1.50. The zero-order chi connectivity index (χ0) is 11.7. The maximum absolute atomic E-state index is 5.82. The van der Waals surface area contributed by atoms with E-state index in [2.05, 4.69) is 29.4 Å². The summed E-state index contributed by atoms with van der Waals surface area (Å²) in [6, 6.07) is 4.20. The number of thiazole rings is 1. The predicted molar refractivity (Wildman–Crippen MR) is 67.9 cm³/mol. The Morgan fingerprint density at radius 1 is 1.47 bits per heavy atom. The Kier molecular flexibility index (Phi) is 2.99. The van der Waals surface area contributed by atoms with Crippen molar-refractivity contribution in [3.8, 4) is 0 Å². The second-order valence-corrected chi connectivity index (χ2v) is 5.63. The molecule has 1 fully saturated rings. The maximum atomic E-state index is 5.82. The molecule has 2 heterocycles. The van der Waals surface area contributed by atoms with E-state index in [9.17, 15) is 0 Å². The minimum atomic E-state index is 0.669. The van der Waals surface area contributed by atoms with Crippen molar-refractivity contribution in [3.05, 3.63) is 40.2 Å². The molecule has 90 valence electrons. The molecule has 2 aromatic rings. The second-order valence-electron chi connectivity index (χ2n) is 4.65. The lowest BCUT2D eigenvalue weighted by Crippen LogP contribution is -2.11. The molecule has 1 saturated carbocycles.